The molecule has 0 N–H and O–H groups in total. The zero-order chi connectivity index (χ0) is 12.0. The molecule has 5 nitrogen and oxygen atoms in total. The Hall–Kier alpha value is -2.35. The fourth-order valence-corrected chi connectivity index (χ4v) is 1.09. The molecule has 0 aliphatic heterocycles. The van der Waals surface area contributed by atoms with Crippen LogP contribution in [-0.2, 0) is 0 Å². The third-order valence-electron chi connectivity index (χ3n) is 1.87. The highest BCUT2D eigenvalue weighted by atomic mass is 16.6. The molecule has 1 rings (SSSR count). The van der Waals surface area contributed by atoms with Crippen LogP contribution in [0.4, 0.5) is 5.69 Å². The highest BCUT2D eigenvalue weighted by molar-refractivity contribution is 5.52. The normalized spacial score (nSPS) is 10.0. The molecule has 0 unspecified atom stereocenters. The molecule has 1 aromatic rings. The third kappa shape index (κ3) is 2.82. The van der Waals surface area contributed by atoms with E-state index >= 15 is 0 Å². The van der Waals surface area contributed by atoms with Gasteiger partial charge < -0.3 is 4.74 Å². The van der Waals surface area contributed by atoms with E-state index in [1.54, 1.807) is 12.1 Å². The summed E-state index contributed by atoms with van der Waals surface area (Å²) in [6.45, 7) is 2.20. The van der Waals surface area contributed by atoms with E-state index in [4.69, 9.17) is 10.00 Å². The number of ether oxygens (including phenoxy) is 1. The van der Waals surface area contributed by atoms with Crippen molar-refractivity contribution in [3.05, 3.63) is 46.0 Å². The number of rotatable bonds is 4. The van der Waals surface area contributed by atoms with Crippen LogP contribution in [0, 0.1) is 21.4 Å². The van der Waals surface area contributed by atoms with Gasteiger partial charge in [-0.05, 0) is 19.1 Å². The number of nitro groups is 1. The molecule has 0 aromatic heterocycles. The molecule has 0 aliphatic carbocycles. The summed E-state index contributed by atoms with van der Waals surface area (Å²) in [5.74, 6) is 0.379. The molecule has 0 heterocycles. The highest BCUT2D eigenvalue weighted by Gasteiger charge is 2.14. The zero-order valence-corrected chi connectivity index (χ0v) is 8.71. The van der Waals surface area contributed by atoms with E-state index in [0.717, 1.165) is 0 Å². The SMILES string of the molecule is CC=CCOc1ccc(C#N)c([N+](=O)[O-])c1. The van der Waals surface area contributed by atoms with Crippen LogP contribution < -0.4 is 4.74 Å². The molecule has 5 heteroatoms. The quantitative estimate of drug-likeness (QED) is 0.441. The largest absolute Gasteiger partial charge is 0.489 e. The van der Waals surface area contributed by atoms with Crippen molar-refractivity contribution in [3.63, 3.8) is 0 Å². The maximum Gasteiger partial charge on any atom is 0.290 e. The minimum absolute atomic E-state index is 0.0309. The fraction of sp³-hybridized carbons (Fsp3) is 0.182. The summed E-state index contributed by atoms with van der Waals surface area (Å²) in [7, 11) is 0. The molecule has 0 atom stereocenters. The molecule has 82 valence electrons. The maximum absolute atomic E-state index is 10.6. The van der Waals surface area contributed by atoms with Gasteiger partial charge in [0.25, 0.3) is 5.69 Å². The number of nitrogens with zero attached hydrogens (tertiary/aromatic N) is 2. The number of hydrogen-bond donors (Lipinski definition) is 0. The molecule has 0 saturated heterocycles. The van der Waals surface area contributed by atoms with Crippen molar-refractivity contribution in [2.45, 2.75) is 6.92 Å². The van der Waals surface area contributed by atoms with Crippen molar-refractivity contribution in [3.8, 4) is 11.8 Å². The maximum atomic E-state index is 10.6. The number of nitriles is 1. The summed E-state index contributed by atoms with van der Waals surface area (Å²) in [4.78, 5) is 10.1. The Kier molecular flexibility index (Phi) is 4.04. The topological polar surface area (TPSA) is 76.2 Å². The van der Waals surface area contributed by atoms with Gasteiger partial charge in [0.15, 0.2) is 0 Å². The lowest BCUT2D eigenvalue weighted by molar-refractivity contribution is -0.385. The number of allylic oxidation sites excluding steroid dienone is 1. The fourth-order valence-electron chi connectivity index (χ4n) is 1.09. The first kappa shape index (κ1) is 11.7. The first-order valence-electron chi connectivity index (χ1n) is 4.61. The van der Waals surface area contributed by atoms with Crippen molar-refractivity contribution in [2.75, 3.05) is 6.61 Å². The van der Waals surface area contributed by atoms with Crippen LogP contribution >= 0.6 is 0 Å². The van der Waals surface area contributed by atoms with Gasteiger partial charge in [0.2, 0.25) is 0 Å². The second-order valence-electron chi connectivity index (χ2n) is 2.93. The first-order chi connectivity index (χ1) is 7.69. The Morgan fingerprint density at radius 2 is 2.38 bits per heavy atom. The lowest BCUT2D eigenvalue weighted by Gasteiger charge is -2.03. The van der Waals surface area contributed by atoms with E-state index in [1.807, 2.05) is 13.0 Å². The minimum Gasteiger partial charge on any atom is -0.489 e. The predicted octanol–water partition coefficient (Wildman–Crippen LogP) is 2.42. The second kappa shape index (κ2) is 5.51. The summed E-state index contributed by atoms with van der Waals surface area (Å²) in [5.41, 5.74) is -0.205. The Morgan fingerprint density at radius 1 is 1.62 bits per heavy atom. The van der Waals surface area contributed by atoms with E-state index in [1.165, 1.54) is 18.2 Å². The minimum atomic E-state index is -0.596. The Bertz CT molecular complexity index is 461. The number of benzene rings is 1. The van der Waals surface area contributed by atoms with Crippen LogP contribution in [0.2, 0.25) is 0 Å². The highest BCUT2D eigenvalue weighted by Crippen LogP contribution is 2.23. The average molecular weight is 218 g/mol. The van der Waals surface area contributed by atoms with E-state index < -0.39 is 4.92 Å². The van der Waals surface area contributed by atoms with Gasteiger partial charge in [-0.25, -0.2) is 0 Å². The Labute approximate surface area is 92.7 Å². The van der Waals surface area contributed by atoms with Crippen molar-refractivity contribution >= 4 is 5.69 Å². The monoisotopic (exact) mass is 218 g/mol. The molecule has 0 amide bonds. The summed E-state index contributed by atoms with van der Waals surface area (Å²) < 4.78 is 5.24. The lowest BCUT2D eigenvalue weighted by atomic mass is 10.2. The third-order valence-corrected chi connectivity index (χ3v) is 1.87. The molecule has 0 spiro atoms. The van der Waals surface area contributed by atoms with Gasteiger partial charge in [-0.3, -0.25) is 10.1 Å². The van der Waals surface area contributed by atoms with E-state index in [2.05, 4.69) is 0 Å². The molecule has 0 radical (unpaired) electrons. The van der Waals surface area contributed by atoms with Gasteiger partial charge in [0, 0.05) is 0 Å². The standard InChI is InChI=1S/C11H10N2O3/c1-2-3-6-16-10-5-4-9(8-12)11(7-10)13(14)15/h2-5,7H,6H2,1H3. The van der Waals surface area contributed by atoms with Gasteiger partial charge in [-0.15, -0.1) is 0 Å². The molecule has 0 aliphatic rings. The molecule has 0 bridgehead atoms. The predicted molar refractivity (Wildman–Crippen MR) is 58.1 cm³/mol. The molecule has 0 fully saturated rings. The van der Waals surface area contributed by atoms with Crippen molar-refractivity contribution in [2.24, 2.45) is 0 Å². The second-order valence-corrected chi connectivity index (χ2v) is 2.93. The Morgan fingerprint density at radius 3 is 2.94 bits per heavy atom. The number of nitro benzene ring substituents is 1. The van der Waals surface area contributed by atoms with Crippen LogP contribution in [0.5, 0.6) is 5.75 Å². The Balaban J connectivity index is 2.94. The summed E-state index contributed by atoms with van der Waals surface area (Å²) >= 11 is 0. The lowest BCUT2D eigenvalue weighted by Crippen LogP contribution is -1.96. The molecular formula is C11H10N2O3. The first-order valence-corrected chi connectivity index (χ1v) is 4.61. The smallest absolute Gasteiger partial charge is 0.290 e. The van der Waals surface area contributed by atoms with E-state index in [9.17, 15) is 10.1 Å². The van der Waals surface area contributed by atoms with Gasteiger partial charge in [-0.2, -0.15) is 5.26 Å². The molecule has 16 heavy (non-hydrogen) atoms. The zero-order valence-electron chi connectivity index (χ0n) is 8.71. The van der Waals surface area contributed by atoms with E-state index in [-0.39, 0.29) is 11.3 Å². The molecular weight excluding hydrogens is 208 g/mol. The van der Waals surface area contributed by atoms with Crippen molar-refractivity contribution in [1.29, 1.82) is 5.26 Å². The van der Waals surface area contributed by atoms with Gasteiger partial charge >= 0.3 is 0 Å². The van der Waals surface area contributed by atoms with Crippen molar-refractivity contribution in [1.82, 2.24) is 0 Å². The average Bonchev–Trinajstić information content (AvgIpc) is 2.29. The van der Waals surface area contributed by atoms with Gasteiger partial charge in [-0.1, -0.05) is 12.2 Å². The van der Waals surface area contributed by atoms with Crippen LogP contribution in [0.15, 0.2) is 30.4 Å². The number of hydrogen-bond acceptors (Lipinski definition) is 4. The molecule has 0 saturated carbocycles. The van der Waals surface area contributed by atoms with Crippen LogP contribution in [0.1, 0.15) is 12.5 Å². The summed E-state index contributed by atoms with van der Waals surface area (Å²) in [5, 5.41) is 19.3. The van der Waals surface area contributed by atoms with Crippen LogP contribution in [-0.4, -0.2) is 11.5 Å². The van der Waals surface area contributed by atoms with Gasteiger partial charge in [0.05, 0.1) is 11.0 Å². The van der Waals surface area contributed by atoms with E-state index in [0.29, 0.717) is 12.4 Å². The van der Waals surface area contributed by atoms with Crippen LogP contribution in [0.25, 0.3) is 0 Å². The summed E-state index contributed by atoms with van der Waals surface area (Å²) in [6, 6.07) is 5.93. The van der Waals surface area contributed by atoms with Crippen LogP contribution in [0.3, 0.4) is 0 Å². The van der Waals surface area contributed by atoms with Crippen molar-refractivity contribution < 1.29 is 9.66 Å². The molecule has 1 aromatic carbocycles. The van der Waals surface area contributed by atoms with Gasteiger partial charge in [0.1, 0.15) is 24.0 Å². The summed E-state index contributed by atoms with van der Waals surface area (Å²) in [6.07, 6.45) is 3.60.